The molecule has 0 radical (unpaired) electrons. The van der Waals surface area contributed by atoms with E-state index in [0.717, 1.165) is 34.7 Å². The Kier molecular flexibility index (Phi) is 5.97. The van der Waals surface area contributed by atoms with Gasteiger partial charge >= 0.3 is 0 Å². The Morgan fingerprint density at radius 2 is 2.32 bits per heavy atom. The van der Waals surface area contributed by atoms with Gasteiger partial charge < -0.3 is 5.32 Å². The minimum absolute atomic E-state index is 0.332. The minimum Gasteiger partial charge on any atom is -0.313 e. The molecule has 108 valence electrons. The molecule has 2 atom stereocenters. The highest BCUT2D eigenvalue weighted by Crippen LogP contribution is 2.37. The van der Waals surface area contributed by atoms with Crippen LogP contribution in [0.4, 0.5) is 0 Å². The molecule has 1 N–H and O–H groups in total. The summed E-state index contributed by atoms with van der Waals surface area (Å²) in [5.74, 6) is 0. The number of thiophene rings is 1. The van der Waals surface area contributed by atoms with Gasteiger partial charge in [-0.2, -0.15) is 0 Å². The highest BCUT2D eigenvalue weighted by Gasteiger charge is 2.24. The summed E-state index contributed by atoms with van der Waals surface area (Å²) in [5, 5.41) is 3.57. The van der Waals surface area contributed by atoms with E-state index in [2.05, 4.69) is 24.1 Å². The molecule has 2 rings (SSSR count). The van der Waals surface area contributed by atoms with Crippen LogP contribution in [0.3, 0.4) is 0 Å². The number of nitrogens with zero attached hydrogens (tertiary/aromatic N) is 1. The average molecular weight is 321 g/mol. The number of hydrogen-bond donors (Lipinski definition) is 1. The van der Waals surface area contributed by atoms with Gasteiger partial charge in [0.25, 0.3) is 0 Å². The maximum atomic E-state index is 6.29. The van der Waals surface area contributed by atoms with Gasteiger partial charge in [-0.25, -0.2) is 0 Å². The second-order valence-corrected chi connectivity index (χ2v) is 7.53. The summed E-state index contributed by atoms with van der Waals surface area (Å²) in [6.07, 6.45) is 3.74. The van der Waals surface area contributed by atoms with Crippen molar-refractivity contribution in [1.82, 2.24) is 10.2 Å². The van der Waals surface area contributed by atoms with Crippen LogP contribution in [-0.4, -0.2) is 30.6 Å². The van der Waals surface area contributed by atoms with Crippen molar-refractivity contribution >= 4 is 34.5 Å². The maximum absolute atomic E-state index is 6.29. The van der Waals surface area contributed by atoms with E-state index in [1.54, 1.807) is 0 Å². The van der Waals surface area contributed by atoms with Crippen molar-refractivity contribution in [2.45, 2.75) is 45.2 Å². The van der Waals surface area contributed by atoms with Crippen LogP contribution in [-0.2, 0) is 0 Å². The van der Waals surface area contributed by atoms with Crippen LogP contribution in [0.25, 0.3) is 0 Å². The van der Waals surface area contributed by atoms with Crippen LogP contribution >= 0.6 is 34.5 Å². The maximum Gasteiger partial charge on any atom is 0.0991 e. The Balaban J connectivity index is 2.06. The topological polar surface area (TPSA) is 15.3 Å². The van der Waals surface area contributed by atoms with Gasteiger partial charge in [0, 0.05) is 24.2 Å². The van der Waals surface area contributed by atoms with Gasteiger partial charge in [-0.1, -0.05) is 30.1 Å². The van der Waals surface area contributed by atoms with E-state index < -0.39 is 0 Å². The zero-order chi connectivity index (χ0) is 13.8. The van der Waals surface area contributed by atoms with E-state index in [1.165, 1.54) is 29.7 Å². The summed E-state index contributed by atoms with van der Waals surface area (Å²) in [6, 6.07) is 2.98. The van der Waals surface area contributed by atoms with E-state index in [0.29, 0.717) is 12.1 Å². The normalized spacial score (nSPS) is 21.2. The van der Waals surface area contributed by atoms with Gasteiger partial charge in [-0.05, 0) is 45.3 Å². The number of nitrogens with one attached hydrogen (secondary N) is 1. The van der Waals surface area contributed by atoms with Gasteiger partial charge in [-0.15, -0.1) is 11.3 Å². The van der Waals surface area contributed by atoms with Gasteiger partial charge in [0.2, 0.25) is 0 Å². The highest BCUT2D eigenvalue weighted by atomic mass is 35.5. The Hall–Kier alpha value is 0.200. The van der Waals surface area contributed by atoms with E-state index >= 15 is 0 Å². The average Bonchev–Trinajstić information content (AvgIpc) is 2.97. The van der Waals surface area contributed by atoms with E-state index in [9.17, 15) is 0 Å². The SMILES string of the molecule is CCCN(CC1CCCN1)C(C)c1cc(Cl)sc1Cl. The third kappa shape index (κ3) is 4.08. The van der Waals surface area contributed by atoms with Crippen molar-refractivity contribution in [3.8, 4) is 0 Å². The number of rotatable bonds is 6. The summed E-state index contributed by atoms with van der Waals surface area (Å²) >= 11 is 13.8. The van der Waals surface area contributed by atoms with Crippen LogP contribution in [0.5, 0.6) is 0 Å². The van der Waals surface area contributed by atoms with E-state index in [-0.39, 0.29) is 0 Å². The van der Waals surface area contributed by atoms with Gasteiger partial charge in [-0.3, -0.25) is 4.90 Å². The van der Waals surface area contributed by atoms with Crippen molar-refractivity contribution < 1.29 is 0 Å². The Labute approximate surface area is 130 Å². The molecule has 1 saturated heterocycles. The van der Waals surface area contributed by atoms with E-state index in [1.807, 2.05) is 6.07 Å². The molecule has 2 nitrogen and oxygen atoms in total. The Bertz CT molecular complexity index is 402. The smallest absolute Gasteiger partial charge is 0.0991 e. The summed E-state index contributed by atoms with van der Waals surface area (Å²) < 4.78 is 1.61. The molecule has 0 bridgehead atoms. The van der Waals surface area contributed by atoms with Crippen molar-refractivity contribution in [1.29, 1.82) is 0 Å². The molecule has 1 aliphatic heterocycles. The fourth-order valence-electron chi connectivity index (χ4n) is 2.76. The second kappa shape index (κ2) is 7.28. The molecule has 1 fully saturated rings. The van der Waals surface area contributed by atoms with Gasteiger partial charge in [0.1, 0.15) is 0 Å². The highest BCUT2D eigenvalue weighted by molar-refractivity contribution is 7.20. The lowest BCUT2D eigenvalue weighted by molar-refractivity contribution is 0.193. The Morgan fingerprint density at radius 3 is 2.84 bits per heavy atom. The third-order valence-electron chi connectivity index (χ3n) is 3.81. The number of halogens is 2. The molecule has 0 aliphatic carbocycles. The predicted molar refractivity (Wildman–Crippen MR) is 85.6 cm³/mol. The minimum atomic E-state index is 0.332. The molecule has 5 heteroatoms. The van der Waals surface area contributed by atoms with E-state index in [4.69, 9.17) is 23.2 Å². The lowest BCUT2D eigenvalue weighted by atomic mass is 10.1. The summed E-state index contributed by atoms with van der Waals surface area (Å²) in [7, 11) is 0. The molecule has 0 amide bonds. The molecule has 1 aliphatic rings. The lowest BCUT2D eigenvalue weighted by Crippen LogP contribution is -2.39. The molecule has 2 heterocycles. The molecule has 0 saturated carbocycles. The van der Waals surface area contributed by atoms with Crippen LogP contribution in [0, 0.1) is 0 Å². The lowest BCUT2D eigenvalue weighted by Gasteiger charge is -2.31. The first kappa shape index (κ1) is 15.6. The molecule has 0 aromatic carbocycles. The van der Waals surface area contributed by atoms with Crippen LogP contribution in [0.2, 0.25) is 8.67 Å². The molecule has 2 unspecified atom stereocenters. The van der Waals surface area contributed by atoms with Crippen molar-refractivity contribution in [3.63, 3.8) is 0 Å². The fraction of sp³-hybridized carbons (Fsp3) is 0.714. The monoisotopic (exact) mass is 320 g/mol. The van der Waals surface area contributed by atoms with Crippen molar-refractivity contribution in [2.75, 3.05) is 19.6 Å². The van der Waals surface area contributed by atoms with Crippen molar-refractivity contribution in [3.05, 3.63) is 20.3 Å². The molecule has 19 heavy (non-hydrogen) atoms. The third-order valence-corrected chi connectivity index (χ3v) is 5.33. The quantitative estimate of drug-likeness (QED) is 0.825. The van der Waals surface area contributed by atoms with Crippen LogP contribution in [0.1, 0.15) is 44.7 Å². The summed E-state index contributed by atoms with van der Waals surface area (Å²) in [4.78, 5) is 2.52. The predicted octanol–water partition coefficient (Wildman–Crippen LogP) is 4.58. The van der Waals surface area contributed by atoms with Crippen LogP contribution < -0.4 is 5.32 Å². The first-order valence-electron chi connectivity index (χ1n) is 7.04. The molecule has 1 aromatic rings. The van der Waals surface area contributed by atoms with Crippen LogP contribution in [0.15, 0.2) is 6.07 Å². The molecule has 0 spiro atoms. The standard InChI is InChI=1S/C14H22Cl2N2S/c1-3-7-18(9-11-5-4-6-17-11)10(2)12-8-13(15)19-14(12)16/h8,10-11,17H,3-7,9H2,1-2H3. The molecule has 1 aromatic heterocycles. The largest absolute Gasteiger partial charge is 0.313 e. The molecular weight excluding hydrogens is 299 g/mol. The number of hydrogen-bond acceptors (Lipinski definition) is 3. The first-order valence-corrected chi connectivity index (χ1v) is 8.61. The first-order chi connectivity index (χ1) is 9.11. The zero-order valence-electron chi connectivity index (χ0n) is 11.6. The van der Waals surface area contributed by atoms with Crippen molar-refractivity contribution in [2.24, 2.45) is 0 Å². The molecular formula is C14H22Cl2N2S. The summed E-state index contributed by atoms with van der Waals surface area (Å²) in [6.45, 7) is 7.81. The Morgan fingerprint density at radius 1 is 1.53 bits per heavy atom. The second-order valence-electron chi connectivity index (χ2n) is 5.24. The zero-order valence-corrected chi connectivity index (χ0v) is 13.9. The fourth-order valence-corrected chi connectivity index (χ4v) is 4.39. The van der Waals surface area contributed by atoms with Gasteiger partial charge in [0.15, 0.2) is 0 Å². The van der Waals surface area contributed by atoms with Gasteiger partial charge in [0.05, 0.1) is 8.67 Å². The summed E-state index contributed by atoms with van der Waals surface area (Å²) in [5.41, 5.74) is 1.17.